The van der Waals surface area contributed by atoms with Crippen LogP contribution in [0.3, 0.4) is 0 Å². The fraction of sp³-hybridized carbons (Fsp3) is 0.267. The van der Waals surface area contributed by atoms with Crippen molar-refractivity contribution in [1.29, 1.82) is 0 Å². The molecule has 1 aliphatic rings. The summed E-state index contributed by atoms with van der Waals surface area (Å²) >= 11 is 0. The summed E-state index contributed by atoms with van der Waals surface area (Å²) in [7, 11) is 0. The fourth-order valence-corrected chi connectivity index (χ4v) is 4.64. The van der Waals surface area contributed by atoms with Crippen LogP contribution in [0.2, 0.25) is 0 Å². The van der Waals surface area contributed by atoms with Crippen LogP contribution in [0, 0.1) is 11.8 Å². The van der Waals surface area contributed by atoms with Gasteiger partial charge in [-0.3, -0.25) is 4.90 Å². The predicted octanol–water partition coefficient (Wildman–Crippen LogP) is 5.76. The summed E-state index contributed by atoms with van der Waals surface area (Å²) in [5, 5.41) is 6.14. The molecule has 0 unspecified atom stereocenters. The van der Waals surface area contributed by atoms with E-state index in [0.717, 1.165) is 61.0 Å². The average molecular weight is 547 g/mol. The third kappa shape index (κ3) is 6.81. The molecule has 1 fully saturated rings. The van der Waals surface area contributed by atoms with Gasteiger partial charge in [-0.2, -0.15) is 13.2 Å². The molecule has 0 bridgehead atoms. The SMILES string of the molecule is CCN1CCN(Cc2ccc(NC(=O)Nc3ccc(C#Cc4cnc5[nH]ccc5c4)cc3)cc2C(F)(F)F)CC1. The molecule has 40 heavy (non-hydrogen) atoms. The Balaban J connectivity index is 1.20. The van der Waals surface area contributed by atoms with Crippen molar-refractivity contribution < 1.29 is 18.0 Å². The van der Waals surface area contributed by atoms with Gasteiger partial charge < -0.3 is 20.5 Å². The molecule has 0 radical (unpaired) electrons. The predicted molar refractivity (Wildman–Crippen MR) is 150 cm³/mol. The Morgan fingerprint density at radius 3 is 2.33 bits per heavy atom. The Morgan fingerprint density at radius 2 is 1.60 bits per heavy atom. The second kappa shape index (κ2) is 11.8. The Labute approximate surface area is 230 Å². The number of carbonyl (C=O) groups is 1. The maximum absolute atomic E-state index is 13.9. The number of nitrogens with zero attached hydrogens (tertiary/aromatic N) is 3. The number of alkyl halides is 3. The third-order valence-electron chi connectivity index (χ3n) is 6.87. The van der Waals surface area contributed by atoms with Gasteiger partial charge in [0.2, 0.25) is 0 Å². The summed E-state index contributed by atoms with van der Waals surface area (Å²) in [6, 6.07) is 14.0. The average Bonchev–Trinajstić information content (AvgIpc) is 3.41. The maximum atomic E-state index is 13.9. The van der Waals surface area contributed by atoms with Crippen molar-refractivity contribution in [2.24, 2.45) is 0 Å². The summed E-state index contributed by atoms with van der Waals surface area (Å²) in [6.45, 7) is 6.35. The Bertz CT molecular complexity index is 1540. The number of fused-ring (bicyclic) bond motifs is 1. The summed E-state index contributed by atoms with van der Waals surface area (Å²) in [4.78, 5) is 24.2. The number of rotatable bonds is 5. The molecule has 3 heterocycles. The van der Waals surface area contributed by atoms with Gasteiger partial charge in [-0.15, -0.1) is 0 Å². The number of amides is 2. The molecule has 0 aliphatic carbocycles. The Kier molecular flexibility index (Phi) is 8.05. The second-order valence-electron chi connectivity index (χ2n) is 9.63. The molecule has 2 aromatic carbocycles. The van der Waals surface area contributed by atoms with Gasteiger partial charge in [0.1, 0.15) is 5.65 Å². The molecule has 5 rings (SSSR count). The zero-order valence-electron chi connectivity index (χ0n) is 22.0. The highest BCUT2D eigenvalue weighted by Gasteiger charge is 2.34. The van der Waals surface area contributed by atoms with Gasteiger partial charge in [0.15, 0.2) is 0 Å². The van der Waals surface area contributed by atoms with E-state index < -0.39 is 17.8 Å². The number of urea groups is 1. The van der Waals surface area contributed by atoms with Crippen molar-refractivity contribution in [3.63, 3.8) is 0 Å². The van der Waals surface area contributed by atoms with E-state index in [2.05, 4.69) is 44.3 Å². The molecule has 0 atom stereocenters. The summed E-state index contributed by atoms with van der Waals surface area (Å²) < 4.78 is 41.6. The number of likely N-dealkylation sites (N-methyl/N-ethyl adjacent to an activating group) is 1. The van der Waals surface area contributed by atoms with Crippen LogP contribution in [0.1, 0.15) is 29.2 Å². The van der Waals surface area contributed by atoms with E-state index in [-0.39, 0.29) is 17.8 Å². The van der Waals surface area contributed by atoms with Crippen LogP contribution in [0.5, 0.6) is 0 Å². The molecule has 0 saturated carbocycles. The van der Waals surface area contributed by atoms with E-state index in [4.69, 9.17) is 0 Å². The normalized spacial score (nSPS) is 14.5. The van der Waals surface area contributed by atoms with Crippen LogP contribution in [0.25, 0.3) is 11.0 Å². The quantitative estimate of drug-likeness (QED) is 0.278. The lowest BCUT2D eigenvalue weighted by Gasteiger charge is -2.34. The largest absolute Gasteiger partial charge is 0.416 e. The van der Waals surface area contributed by atoms with E-state index in [1.807, 2.05) is 23.2 Å². The van der Waals surface area contributed by atoms with E-state index in [1.165, 1.54) is 12.1 Å². The molecule has 4 aromatic rings. The first-order valence-corrected chi connectivity index (χ1v) is 13.0. The lowest BCUT2D eigenvalue weighted by atomic mass is 10.0. The van der Waals surface area contributed by atoms with Crippen molar-refractivity contribution in [3.8, 4) is 11.8 Å². The highest BCUT2D eigenvalue weighted by Crippen LogP contribution is 2.34. The number of nitrogens with one attached hydrogen (secondary N) is 3. The van der Waals surface area contributed by atoms with Gasteiger partial charge in [0.25, 0.3) is 0 Å². The van der Waals surface area contributed by atoms with Gasteiger partial charge in [-0.25, -0.2) is 9.78 Å². The Morgan fingerprint density at radius 1 is 0.925 bits per heavy atom. The molecule has 7 nitrogen and oxygen atoms in total. The Hall–Kier alpha value is -4.33. The molecule has 10 heteroatoms. The first-order chi connectivity index (χ1) is 19.3. The zero-order valence-corrected chi connectivity index (χ0v) is 22.0. The smallest absolute Gasteiger partial charge is 0.346 e. The van der Waals surface area contributed by atoms with Crippen LogP contribution in [-0.2, 0) is 12.7 Å². The summed E-state index contributed by atoms with van der Waals surface area (Å²) in [5.41, 5.74) is 2.32. The number of hydrogen-bond donors (Lipinski definition) is 3. The molecule has 2 aromatic heterocycles. The minimum atomic E-state index is -4.53. The maximum Gasteiger partial charge on any atom is 0.416 e. The van der Waals surface area contributed by atoms with E-state index in [1.54, 1.807) is 30.5 Å². The molecule has 1 saturated heterocycles. The topological polar surface area (TPSA) is 76.3 Å². The van der Waals surface area contributed by atoms with E-state index in [0.29, 0.717) is 5.69 Å². The fourth-order valence-electron chi connectivity index (χ4n) is 4.64. The van der Waals surface area contributed by atoms with Crippen LogP contribution in [0.4, 0.5) is 29.3 Å². The lowest BCUT2D eigenvalue weighted by Crippen LogP contribution is -2.45. The number of aromatic amines is 1. The van der Waals surface area contributed by atoms with E-state index >= 15 is 0 Å². The minimum absolute atomic E-state index is 0.0693. The molecule has 206 valence electrons. The number of anilines is 2. The molecular weight excluding hydrogens is 517 g/mol. The van der Waals surface area contributed by atoms with Crippen molar-refractivity contribution >= 4 is 28.4 Å². The highest BCUT2D eigenvalue weighted by molar-refractivity contribution is 5.99. The number of piperazine rings is 1. The van der Waals surface area contributed by atoms with Gasteiger partial charge in [-0.05, 0) is 60.6 Å². The molecular formula is C30H29F3N6O. The molecule has 0 spiro atoms. The van der Waals surface area contributed by atoms with Crippen LogP contribution < -0.4 is 10.6 Å². The lowest BCUT2D eigenvalue weighted by molar-refractivity contribution is -0.138. The van der Waals surface area contributed by atoms with Crippen molar-refractivity contribution in [2.45, 2.75) is 19.6 Å². The van der Waals surface area contributed by atoms with Gasteiger partial charge in [-0.1, -0.05) is 24.8 Å². The highest BCUT2D eigenvalue weighted by atomic mass is 19.4. The number of H-pyrrole nitrogens is 1. The van der Waals surface area contributed by atoms with Crippen molar-refractivity contribution in [3.05, 3.63) is 89.2 Å². The molecule has 3 N–H and O–H groups in total. The van der Waals surface area contributed by atoms with E-state index in [9.17, 15) is 18.0 Å². The number of aromatic nitrogens is 2. The first-order valence-electron chi connectivity index (χ1n) is 13.0. The van der Waals surface area contributed by atoms with Gasteiger partial charge >= 0.3 is 12.2 Å². The van der Waals surface area contributed by atoms with Gasteiger partial charge in [0, 0.05) is 73.0 Å². The van der Waals surface area contributed by atoms with Gasteiger partial charge in [0.05, 0.1) is 5.56 Å². The first kappa shape index (κ1) is 27.2. The van der Waals surface area contributed by atoms with Crippen LogP contribution >= 0.6 is 0 Å². The number of pyridine rings is 1. The van der Waals surface area contributed by atoms with Crippen molar-refractivity contribution in [2.75, 3.05) is 43.4 Å². The summed E-state index contributed by atoms with van der Waals surface area (Å²) in [6.07, 6.45) is -1.02. The number of hydrogen-bond acceptors (Lipinski definition) is 4. The number of halogens is 3. The summed E-state index contributed by atoms with van der Waals surface area (Å²) in [5.74, 6) is 6.12. The monoisotopic (exact) mass is 546 g/mol. The number of benzene rings is 2. The van der Waals surface area contributed by atoms with Crippen molar-refractivity contribution in [1.82, 2.24) is 19.8 Å². The molecule has 1 aliphatic heterocycles. The minimum Gasteiger partial charge on any atom is -0.346 e. The number of carbonyl (C=O) groups excluding carboxylic acids is 1. The molecule has 2 amide bonds. The third-order valence-corrected chi connectivity index (χ3v) is 6.87. The standard InChI is InChI=1S/C30H29F3N6O/c1-2-38-13-15-39(16-14-38)20-24-7-10-26(18-27(24)30(31,32)33)37-29(40)36-25-8-5-21(6-9-25)3-4-22-17-23-11-12-34-28(23)35-19-22/h5-12,17-19H,2,13-16,20H2,1H3,(H,34,35)(H2,36,37,40). The second-order valence-corrected chi connectivity index (χ2v) is 9.63. The zero-order chi connectivity index (χ0) is 28.1. The van der Waals surface area contributed by atoms with Crippen LogP contribution in [-0.4, -0.2) is 58.5 Å². The van der Waals surface area contributed by atoms with Crippen LogP contribution in [0.15, 0.2) is 67.0 Å².